The second-order valence-corrected chi connectivity index (χ2v) is 9.60. The second kappa shape index (κ2) is 10.3. The molecule has 0 aromatic heterocycles. The average Bonchev–Trinajstić information content (AvgIpc) is 3.14. The molecule has 5 heteroatoms. The summed E-state index contributed by atoms with van der Waals surface area (Å²) in [6.45, 7) is 9.85. The SMILES string of the molecule is CC(=O)O[C@H]1CC[C@H](N(Cc2ccccc2)[C@@H](C)c2ccccc2)[C@H]1C(=O)OC(C)(C)C. The minimum absolute atomic E-state index is 0.0717. The Kier molecular flexibility index (Phi) is 7.73. The fraction of sp³-hybridized carbons (Fsp3) is 0.481. The van der Waals surface area contributed by atoms with Crippen LogP contribution in [-0.4, -0.2) is 34.6 Å². The minimum atomic E-state index is -0.611. The third-order valence-electron chi connectivity index (χ3n) is 5.97. The summed E-state index contributed by atoms with van der Waals surface area (Å²) >= 11 is 0. The largest absolute Gasteiger partial charge is 0.462 e. The molecule has 172 valence electrons. The van der Waals surface area contributed by atoms with Crippen LogP contribution in [0.2, 0.25) is 0 Å². The zero-order chi connectivity index (χ0) is 23.3. The van der Waals surface area contributed by atoms with E-state index in [0.717, 1.165) is 6.42 Å². The van der Waals surface area contributed by atoms with Gasteiger partial charge in [-0.3, -0.25) is 14.5 Å². The summed E-state index contributed by atoms with van der Waals surface area (Å²) in [4.78, 5) is 27.5. The Morgan fingerprint density at radius 2 is 1.59 bits per heavy atom. The predicted octanol–water partition coefficient (Wildman–Crippen LogP) is 5.30. The van der Waals surface area contributed by atoms with Crippen molar-refractivity contribution in [3.8, 4) is 0 Å². The molecule has 0 heterocycles. The predicted molar refractivity (Wildman–Crippen MR) is 125 cm³/mol. The van der Waals surface area contributed by atoms with Crippen LogP contribution in [0.15, 0.2) is 60.7 Å². The molecule has 1 saturated carbocycles. The van der Waals surface area contributed by atoms with Gasteiger partial charge in [-0.25, -0.2) is 0 Å². The topological polar surface area (TPSA) is 55.8 Å². The minimum Gasteiger partial charge on any atom is -0.462 e. The number of hydrogen-bond acceptors (Lipinski definition) is 5. The molecule has 1 fully saturated rings. The lowest BCUT2D eigenvalue weighted by Crippen LogP contribution is -2.46. The Balaban J connectivity index is 1.97. The zero-order valence-electron chi connectivity index (χ0n) is 19.8. The van der Waals surface area contributed by atoms with E-state index in [1.807, 2.05) is 57.2 Å². The van der Waals surface area contributed by atoms with Gasteiger partial charge in [0.2, 0.25) is 0 Å². The van der Waals surface area contributed by atoms with E-state index in [-0.39, 0.29) is 24.0 Å². The van der Waals surface area contributed by atoms with Gasteiger partial charge in [0, 0.05) is 25.6 Å². The van der Waals surface area contributed by atoms with E-state index in [4.69, 9.17) is 9.47 Å². The standard InChI is InChI=1S/C27H35NO4/c1-19(22-14-10-7-11-15-22)28(18-21-12-8-6-9-13-21)23-16-17-24(31-20(2)29)25(23)26(30)32-27(3,4)5/h6-15,19,23-25H,16-18H2,1-5H3/t19-,23-,24-,25+/m0/s1. The monoisotopic (exact) mass is 437 g/mol. The first-order chi connectivity index (χ1) is 15.2. The van der Waals surface area contributed by atoms with Gasteiger partial charge in [0.05, 0.1) is 0 Å². The van der Waals surface area contributed by atoms with Gasteiger partial charge in [-0.2, -0.15) is 0 Å². The first-order valence-corrected chi connectivity index (χ1v) is 11.4. The van der Waals surface area contributed by atoms with Crippen LogP contribution in [0.1, 0.15) is 64.6 Å². The van der Waals surface area contributed by atoms with E-state index in [9.17, 15) is 9.59 Å². The van der Waals surface area contributed by atoms with Gasteiger partial charge in [-0.1, -0.05) is 60.7 Å². The molecule has 0 radical (unpaired) electrons. The third-order valence-corrected chi connectivity index (χ3v) is 5.97. The van der Waals surface area contributed by atoms with Crippen molar-refractivity contribution in [1.29, 1.82) is 0 Å². The van der Waals surface area contributed by atoms with E-state index in [1.54, 1.807) is 0 Å². The number of nitrogens with zero attached hydrogens (tertiary/aromatic N) is 1. The highest BCUT2D eigenvalue weighted by Crippen LogP contribution is 2.39. The van der Waals surface area contributed by atoms with Crippen molar-refractivity contribution in [1.82, 2.24) is 4.90 Å². The lowest BCUT2D eigenvalue weighted by molar-refractivity contribution is -0.170. The Bertz CT molecular complexity index is 891. The maximum atomic E-state index is 13.3. The summed E-state index contributed by atoms with van der Waals surface area (Å²) in [5.41, 5.74) is 1.75. The summed E-state index contributed by atoms with van der Waals surface area (Å²) in [7, 11) is 0. The van der Waals surface area contributed by atoms with Gasteiger partial charge in [0.25, 0.3) is 0 Å². The molecule has 0 spiro atoms. The molecule has 0 N–H and O–H groups in total. The Labute approximate surface area is 191 Å². The molecule has 0 amide bonds. The number of ether oxygens (including phenoxy) is 2. The molecule has 0 saturated heterocycles. The van der Waals surface area contributed by atoms with Crippen molar-refractivity contribution in [2.24, 2.45) is 5.92 Å². The highest BCUT2D eigenvalue weighted by Gasteiger charge is 2.48. The molecule has 32 heavy (non-hydrogen) atoms. The number of hydrogen-bond donors (Lipinski definition) is 0. The van der Waals surface area contributed by atoms with Gasteiger partial charge in [-0.15, -0.1) is 0 Å². The van der Waals surface area contributed by atoms with E-state index in [2.05, 4.69) is 36.1 Å². The van der Waals surface area contributed by atoms with Gasteiger partial charge in [0.1, 0.15) is 17.6 Å². The molecule has 1 aliphatic rings. The fourth-order valence-electron chi connectivity index (χ4n) is 4.60. The molecule has 4 atom stereocenters. The van der Waals surface area contributed by atoms with Crippen molar-refractivity contribution >= 4 is 11.9 Å². The first kappa shape index (κ1) is 24.0. The highest BCUT2D eigenvalue weighted by molar-refractivity contribution is 5.76. The lowest BCUT2D eigenvalue weighted by Gasteiger charge is -2.38. The van der Waals surface area contributed by atoms with Crippen molar-refractivity contribution in [3.63, 3.8) is 0 Å². The van der Waals surface area contributed by atoms with Gasteiger partial charge < -0.3 is 9.47 Å². The normalized spacial score (nSPS) is 21.9. The van der Waals surface area contributed by atoms with Crippen molar-refractivity contribution < 1.29 is 19.1 Å². The van der Waals surface area contributed by atoms with Crippen LogP contribution < -0.4 is 0 Å². The van der Waals surface area contributed by atoms with Crippen LogP contribution in [-0.2, 0) is 25.6 Å². The summed E-state index contributed by atoms with van der Waals surface area (Å²) in [6, 6.07) is 20.5. The quantitative estimate of drug-likeness (QED) is 0.550. The number of rotatable bonds is 7. The lowest BCUT2D eigenvalue weighted by atomic mass is 9.95. The van der Waals surface area contributed by atoms with Crippen molar-refractivity contribution in [2.75, 3.05) is 0 Å². The van der Waals surface area contributed by atoms with Gasteiger partial charge in [0.15, 0.2) is 0 Å². The molecule has 3 rings (SSSR count). The van der Waals surface area contributed by atoms with Crippen LogP contribution in [0.4, 0.5) is 0 Å². The molecule has 0 unspecified atom stereocenters. The van der Waals surface area contributed by atoms with Crippen LogP contribution in [0.5, 0.6) is 0 Å². The highest BCUT2D eigenvalue weighted by atomic mass is 16.6. The maximum Gasteiger partial charge on any atom is 0.314 e. The summed E-state index contributed by atoms with van der Waals surface area (Å²) in [5, 5.41) is 0. The summed E-state index contributed by atoms with van der Waals surface area (Å²) < 4.78 is 11.4. The molecule has 2 aromatic carbocycles. The molecule has 0 aliphatic heterocycles. The molecule has 2 aromatic rings. The Morgan fingerprint density at radius 3 is 2.16 bits per heavy atom. The van der Waals surface area contributed by atoms with Crippen molar-refractivity contribution in [3.05, 3.63) is 71.8 Å². The van der Waals surface area contributed by atoms with Crippen molar-refractivity contribution in [2.45, 2.75) is 77.8 Å². The van der Waals surface area contributed by atoms with Gasteiger partial charge in [-0.05, 0) is 51.7 Å². The molecular weight excluding hydrogens is 402 g/mol. The first-order valence-electron chi connectivity index (χ1n) is 11.4. The number of benzene rings is 2. The second-order valence-electron chi connectivity index (χ2n) is 9.60. The third kappa shape index (κ3) is 6.19. The molecule has 1 aliphatic carbocycles. The van der Waals surface area contributed by atoms with E-state index in [1.165, 1.54) is 18.1 Å². The molecular formula is C27H35NO4. The molecule has 5 nitrogen and oxygen atoms in total. The maximum absolute atomic E-state index is 13.3. The van der Waals surface area contributed by atoms with Crippen LogP contribution in [0.25, 0.3) is 0 Å². The fourth-order valence-corrected chi connectivity index (χ4v) is 4.60. The van der Waals surface area contributed by atoms with E-state index in [0.29, 0.717) is 13.0 Å². The zero-order valence-corrected chi connectivity index (χ0v) is 19.8. The van der Waals surface area contributed by atoms with E-state index < -0.39 is 17.6 Å². The van der Waals surface area contributed by atoms with Crippen LogP contribution in [0, 0.1) is 5.92 Å². The van der Waals surface area contributed by atoms with Crippen LogP contribution >= 0.6 is 0 Å². The molecule has 0 bridgehead atoms. The smallest absolute Gasteiger partial charge is 0.314 e. The number of esters is 2. The number of carbonyl (C=O) groups is 2. The average molecular weight is 438 g/mol. The Hall–Kier alpha value is -2.66. The van der Waals surface area contributed by atoms with E-state index >= 15 is 0 Å². The van der Waals surface area contributed by atoms with Crippen LogP contribution in [0.3, 0.4) is 0 Å². The summed E-state index contributed by atoms with van der Waals surface area (Å²) in [5.74, 6) is -1.20. The van der Waals surface area contributed by atoms with Gasteiger partial charge >= 0.3 is 11.9 Å². The summed E-state index contributed by atoms with van der Waals surface area (Å²) in [6.07, 6.45) is 0.918. The number of carbonyl (C=O) groups excluding carboxylic acids is 2. The Morgan fingerprint density at radius 1 is 1.00 bits per heavy atom.